The normalized spacial score (nSPS) is 10.9. The minimum atomic E-state index is -0.369. The van der Waals surface area contributed by atoms with Crippen molar-refractivity contribution in [2.75, 3.05) is 5.75 Å². The molecule has 4 aromatic rings. The number of Topliss-reactive ketones (excluding diaryl/α,β-unsaturated/α-hetero) is 1. The minimum Gasteiger partial charge on any atom is -0.293 e. The van der Waals surface area contributed by atoms with E-state index < -0.39 is 0 Å². The summed E-state index contributed by atoms with van der Waals surface area (Å²) in [6, 6.07) is 20.9. The molecule has 0 aliphatic rings. The van der Waals surface area contributed by atoms with Crippen molar-refractivity contribution in [3.05, 3.63) is 94.8 Å². The van der Waals surface area contributed by atoms with Crippen LogP contribution >= 0.6 is 23.4 Å². The quantitative estimate of drug-likeness (QED) is 0.274. The van der Waals surface area contributed by atoms with E-state index in [0.29, 0.717) is 21.6 Å². The highest BCUT2D eigenvalue weighted by Crippen LogP contribution is 2.30. The van der Waals surface area contributed by atoms with Crippen molar-refractivity contribution in [2.24, 2.45) is 0 Å². The molecule has 0 saturated heterocycles. The summed E-state index contributed by atoms with van der Waals surface area (Å²) in [7, 11) is 0. The van der Waals surface area contributed by atoms with Gasteiger partial charge >= 0.3 is 0 Å². The van der Waals surface area contributed by atoms with Crippen LogP contribution in [0.15, 0.2) is 78.0 Å². The van der Waals surface area contributed by atoms with Crippen LogP contribution in [0.5, 0.6) is 0 Å². The van der Waals surface area contributed by atoms with Gasteiger partial charge in [0.2, 0.25) is 0 Å². The van der Waals surface area contributed by atoms with Crippen LogP contribution in [0.25, 0.3) is 17.1 Å². The number of aromatic nitrogens is 3. The Balaban J connectivity index is 1.69. The molecule has 0 bridgehead atoms. The summed E-state index contributed by atoms with van der Waals surface area (Å²) < 4.78 is 15.1. The number of para-hydroxylation sites is 1. The fraction of sp³-hybridized carbons (Fsp3) is 0.0870. The van der Waals surface area contributed by atoms with E-state index in [0.717, 1.165) is 16.8 Å². The molecule has 0 unspecified atom stereocenters. The molecule has 0 aliphatic carbocycles. The number of halogens is 2. The molecule has 150 valence electrons. The summed E-state index contributed by atoms with van der Waals surface area (Å²) in [5, 5.41) is 9.97. The Morgan fingerprint density at radius 3 is 2.40 bits per heavy atom. The maximum atomic E-state index is 13.1. The maximum Gasteiger partial charge on any atom is 0.196 e. The molecule has 30 heavy (non-hydrogen) atoms. The van der Waals surface area contributed by atoms with Crippen LogP contribution in [0.2, 0.25) is 5.02 Å². The van der Waals surface area contributed by atoms with Gasteiger partial charge in [0.05, 0.1) is 11.4 Å². The molecule has 3 aromatic carbocycles. The molecule has 0 atom stereocenters. The summed E-state index contributed by atoms with van der Waals surface area (Å²) in [5.41, 5.74) is 3.32. The van der Waals surface area contributed by atoms with Crippen molar-refractivity contribution in [2.45, 2.75) is 12.1 Å². The second-order valence-electron chi connectivity index (χ2n) is 6.65. The monoisotopic (exact) mass is 437 g/mol. The minimum absolute atomic E-state index is 0.104. The lowest BCUT2D eigenvalue weighted by molar-refractivity contribution is 0.102. The van der Waals surface area contributed by atoms with E-state index in [1.807, 2.05) is 47.9 Å². The van der Waals surface area contributed by atoms with Gasteiger partial charge in [0.15, 0.2) is 16.8 Å². The highest BCUT2D eigenvalue weighted by atomic mass is 35.5. The van der Waals surface area contributed by atoms with Gasteiger partial charge in [-0.15, -0.1) is 10.2 Å². The number of benzene rings is 3. The summed E-state index contributed by atoms with van der Waals surface area (Å²) >= 11 is 7.33. The number of hydrogen-bond donors (Lipinski definition) is 0. The van der Waals surface area contributed by atoms with Crippen molar-refractivity contribution in [1.82, 2.24) is 14.8 Å². The molecule has 0 amide bonds. The van der Waals surface area contributed by atoms with Crippen molar-refractivity contribution in [3.63, 3.8) is 0 Å². The number of thioether (sulfide) groups is 1. The van der Waals surface area contributed by atoms with Gasteiger partial charge in [0.25, 0.3) is 0 Å². The van der Waals surface area contributed by atoms with Crippen molar-refractivity contribution in [3.8, 4) is 17.1 Å². The van der Waals surface area contributed by atoms with Crippen LogP contribution in [0.3, 0.4) is 0 Å². The molecule has 0 saturated carbocycles. The number of nitrogens with zero attached hydrogens (tertiary/aromatic N) is 3. The smallest absolute Gasteiger partial charge is 0.196 e. The average molecular weight is 438 g/mol. The van der Waals surface area contributed by atoms with Crippen molar-refractivity contribution >= 4 is 29.1 Å². The zero-order valence-corrected chi connectivity index (χ0v) is 17.6. The first kappa shape index (κ1) is 20.3. The van der Waals surface area contributed by atoms with Gasteiger partial charge in [-0.05, 0) is 67.1 Å². The standard InChI is InChI=1S/C23H17ClFN3OS/c1-15-4-2-3-5-20(15)28-22(17-6-10-18(24)11-7-17)26-27-23(28)30-14-21(29)16-8-12-19(25)13-9-16/h2-13H,14H2,1H3. The van der Waals surface area contributed by atoms with Crippen LogP contribution in [0, 0.1) is 12.7 Å². The molecule has 7 heteroatoms. The molecule has 1 aromatic heterocycles. The fourth-order valence-corrected chi connectivity index (χ4v) is 4.00. The van der Waals surface area contributed by atoms with Crippen molar-refractivity contribution in [1.29, 1.82) is 0 Å². The molecule has 4 rings (SSSR count). The number of carbonyl (C=O) groups excluding carboxylic acids is 1. The first-order valence-corrected chi connectivity index (χ1v) is 10.6. The number of ketones is 1. The van der Waals surface area contributed by atoms with Crippen LogP contribution in [-0.2, 0) is 0 Å². The van der Waals surface area contributed by atoms with E-state index in [1.54, 1.807) is 12.1 Å². The molecule has 0 aliphatic heterocycles. The van der Waals surface area contributed by atoms with Crippen molar-refractivity contribution < 1.29 is 9.18 Å². The average Bonchev–Trinajstić information content (AvgIpc) is 3.17. The zero-order valence-electron chi connectivity index (χ0n) is 16.0. The molecule has 1 heterocycles. The Hall–Kier alpha value is -2.96. The highest BCUT2D eigenvalue weighted by Gasteiger charge is 2.19. The van der Waals surface area contributed by atoms with Crippen LogP contribution in [0.4, 0.5) is 4.39 Å². The second kappa shape index (κ2) is 8.81. The third-order valence-electron chi connectivity index (χ3n) is 4.59. The third-order valence-corrected chi connectivity index (χ3v) is 5.77. The maximum absolute atomic E-state index is 13.1. The Bertz CT molecular complexity index is 1190. The topological polar surface area (TPSA) is 47.8 Å². The lowest BCUT2D eigenvalue weighted by atomic mass is 10.1. The third kappa shape index (κ3) is 4.30. The number of aryl methyl sites for hydroxylation is 1. The van der Waals surface area contributed by atoms with Crippen LogP contribution in [-0.4, -0.2) is 26.3 Å². The molecule has 0 radical (unpaired) electrons. The van der Waals surface area contributed by atoms with E-state index in [1.165, 1.54) is 36.0 Å². The largest absolute Gasteiger partial charge is 0.293 e. The van der Waals surface area contributed by atoms with Gasteiger partial charge in [-0.2, -0.15) is 0 Å². The summed E-state index contributed by atoms with van der Waals surface area (Å²) in [6.07, 6.45) is 0. The van der Waals surface area contributed by atoms with E-state index in [-0.39, 0.29) is 17.4 Å². The Labute approximate surface area is 182 Å². The molecule has 0 N–H and O–H groups in total. The fourth-order valence-electron chi connectivity index (χ4n) is 3.03. The second-order valence-corrected chi connectivity index (χ2v) is 8.03. The van der Waals surface area contributed by atoms with E-state index in [4.69, 9.17) is 11.6 Å². The Morgan fingerprint density at radius 1 is 1.00 bits per heavy atom. The van der Waals surface area contributed by atoms with E-state index in [2.05, 4.69) is 10.2 Å². The number of carbonyl (C=O) groups is 1. The Morgan fingerprint density at radius 2 is 1.70 bits per heavy atom. The molecule has 4 nitrogen and oxygen atoms in total. The first-order chi connectivity index (χ1) is 14.5. The summed E-state index contributed by atoms with van der Waals surface area (Å²) in [5.74, 6) is 0.354. The predicted octanol–water partition coefficient (Wildman–Crippen LogP) is 6.01. The lowest BCUT2D eigenvalue weighted by Gasteiger charge is -2.13. The van der Waals surface area contributed by atoms with Gasteiger partial charge in [0.1, 0.15) is 5.82 Å². The highest BCUT2D eigenvalue weighted by molar-refractivity contribution is 7.99. The molecular weight excluding hydrogens is 421 g/mol. The van der Waals surface area contributed by atoms with E-state index in [9.17, 15) is 9.18 Å². The van der Waals surface area contributed by atoms with Crippen LogP contribution in [0.1, 0.15) is 15.9 Å². The molecule has 0 spiro atoms. The SMILES string of the molecule is Cc1ccccc1-n1c(SCC(=O)c2ccc(F)cc2)nnc1-c1ccc(Cl)cc1. The lowest BCUT2D eigenvalue weighted by Crippen LogP contribution is -2.06. The molecular formula is C23H17ClFN3OS. The summed E-state index contributed by atoms with van der Waals surface area (Å²) in [6.45, 7) is 2.01. The first-order valence-electron chi connectivity index (χ1n) is 9.22. The number of hydrogen-bond acceptors (Lipinski definition) is 4. The van der Waals surface area contributed by atoms with Gasteiger partial charge < -0.3 is 0 Å². The summed E-state index contributed by atoms with van der Waals surface area (Å²) in [4.78, 5) is 12.5. The van der Waals surface area contributed by atoms with Gasteiger partial charge in [-0.1, -0.05) is 41.6 Å². The van der Waals surface area contributed by atoms with E-state index >= 15 is 0 Å². The zero-order chi connectivity index (χ0) is 21.1. The molecule has 0 fully saturated rings. The Kier molecular flexibility index (Phi) is 5.97. The van der Waals surface area contributed by atoms with Gasteiger partial charge in [-0.3, -0.25) is 9.36 Å². The van der Waals surface area contributed by atoms with Crippen LogP contribution < -0.4 is 0 Å². The van der Waals surface area contributed by atoms with Gasteiger partial charge in [0, 0.05) is 16.1 Å². The number of rotatable bonds is 6. The predicted molar refractivity (Wildman–Crippen MR) is 118 cm³/mol. The van der Waals surface area contributed by atoms with Gasteiger partial charge in [-0.25, -0.2) is 4.39 Å².